The fourth-order valence-electron chi connectivity index (χ4n) is 2.56. The van der Waals surface area contributed by atoms with Gasteiger partial charge in [-0.05, 0) is 25.0 Å². The monoisotopic (exact) mass is 262 g/mol. The van der Waals surface area contributed by atoms with E-state index in [1.54, 1.807) is 7.11 Å². The van der Waals surface area contributed by atoms with Gasteiger partial charge >= 0.3 is 6.03 Å². The van der Waals surface area contributed by atoms with Crippen LogP contribution in [0.2, 0.25) is 0 Å². The molecule has 19 heavy (non-hydrogen) atoms. The Bertz CT molecular complexity index is 432. The van der Waals surface area contributed by atoms with Gasteiger partial charge in [0.25, 0.3) is 0 Å². The van der Waals surface area contributed by atoms with Crippen molar-refractivity contribution < 1.29 is 9.53 Å². The smallest absolute Gasteiger partial charge is 0.315 e. The molecule has 0 spiro atoms. The van der Waals surface area contributed by atoms with Crippen LogP contribution in [0.3, 0.4) is 0 Å². The van der Waals surface area contributed by atoms with Gasteiger partial charge in [0.1, 0.15) is 0 Å². The fraction of sp³-hybridized carbons (Fsp3) is 0.533. The summed E-state index contributed by atoms with van der Waals surface area (Å²) in [4.78, 5) is 11.7. The first-order valence-electron chi connectivity index (χ1n) is 6.71. The summed E-state index contributed by atoms with van der Waals surface area (Å²) in [6, 6.07) is 8.35. The zero-order chi connectivity index (χ0) is 13.9. The SMILES string of the molecule is COC1(CNC(=O)NC(C)C)Cc2ccccc2C1. The quantitative estimate of drug-likeness (QED) is 0.870. The molecule has 0 aliphatic heterocycles. The van der Waals surface area contributed by atoms with Gasteiger partial charge in [-0.1, -0.05) is 24.3 Å². The maximum atomic E-state index is 11.7. The van der Waals surface area contributed by atoms with E-state index in [4.69, 9.17) is 4.74 Å². The molecule has 0 bridgehead atoms. The van der Waals surface area contributed by atoms with Crippen LogP contribution in [0.25, 0.3) is 0 Å². The number of methoxy groups -OCH3 is 1. The molecule has 1 aromatic rings. The van der Waals surface area contributed by atoms with Crippen LogP contribution in [-0.4, -0.2) is 31.3 Å². The first-order chi connectivity index (χ1) is 9.04. The Morgan fingerprint density at radius 2 is 1.89 bits per heavy atom. The van der Waals surface area contributed by atoms with Crippen LogP contribution in [0.4, 0.5) is 4.79 Å². The third kappa shape index (κ3) is 3.26. The van der Waals surface area contributed by atoms with Gasteiger partial charge in [0.2, 0.25) is 0 Å². The molecule has 0 unspecified atom stereocenters. The van der Waals surface area contributed by atoms with E-state index in [-0.39, 0.29) is 17.7 Å². The van der Waals surface area contributed by atoms with Crippen LogP contribution in [0.1, 0.15) is 25.0 Å². The van der Waals surface area contributed by atoms with Crippen molar-refractivity contribution in [3.8, 4) is 0 Å². The van der Waals surface area contributed by atoms with Crippen molar-refractivity contribution in [2.75, 3.05) is 13.7 Å². The summed E-state index contributed by atoms with van der Waals surface area (Å²) in [5, 5.41) is 5.73. The van der Waals surface area contributed by atoms with Crippen molar-refractivity contribution in [1.82, 2.24) is 10.6 Å². The van der Waals surface area contributed by atoms with E-state index in [1.165, 1.54) is 11.1 Å². The molecule has 0 saturated carbocycles. The zero-order valence-corrected chi connectivity index (χ0v) is 11.8. The summed E-state index contributed by atoms with van der Waals surface area (Å²) >= 11 is 0. The molecule has 2 N–H and O–H groups in total. The lowest BCUT2D eigenvalue weighted by Gasteiger charge is -2.28. The molecule has 0 saturated heterocycles. The lowest BCUT2D eigenvalue weighted by Crippen LogP contribution is -2.49. The van der Waals surface area contributed by atoms with Gasteiger partial charge in [-0.2, -0.15) is 0 Å². The van der Waals surface area contributed by atoms with Crippen molar-refractivity contribution in [2.45, 2.75) is 38.3 Å². The van der Waals surface area contributed by atoms with Crippen molar-refractivity contribution in [2.24, 2.45) is 0 Å². The van der Waals surface area contributed by atoms with E-state index in [0.29, 0.717) is 6.54 Å². The molecule has 1 aliphatic carbocycles. The topological polar surface area (TPSA) is 50.4 Å². The minimum atomic E-state index is -0.308. The molecule has 2 rings (SSSR count). The van der Waals surface area contributed by atoms with E-state index in [0.717, 1.165) is 12.8 Å². The second-order valence-corrected chi connectivity index (χ2v) is 5.49. The molecule has 1 aliphatic rings. The molecule has 1 aromatic carbocycles. The summed E-state index contributed by atoms with van der Waals surface area (Å²) in [5.41, 5.74) is 2.32. The van der Waals surface area contributed by atoms with Gasteiger partial charge in [-0.25, -0.2) is 4.79 Å². The fourth-order valence-corrected chi connectivity index (χ4v) is 2.56. The number of carbonyl (C=O) groups is 1. The Morgan fingerprint density at radius 3 is 2.37 bits per heavy atom. The highest BCUT2D eigenvalue weighted by molar-refractivity contribution is 5.74. The number of nitrogens with one attached hydrogen (secondary N) is 2. The van der Waals surface area contributed by atoms with Gasteiger partial charge in [0, 0.05) is 32.5 Å². The zero-order valence-electron chi connectivity index (χ0n) is 11.8. The maximum Gasteiger partial charge on any atom is 0.315 e. The van der Waals surface area contributed by atoms with E-state index >= 15 is 0 Å². The Balaban J connectivity index is 1.97. The number of hydrogen-bond donors (Lipinski definition) is 2. The van der Waals surface area contributed by atoms with Crippen LogP contribution in [0.15, 0.2) is 24.3 Å². The molecule has 104 valence electrons. The predicted octanol–water partition coefficient (Wildman–Crippen LogP) is 1.88. The number of urea groups is 1. The second-order valence-electron chi connectivity index (χ2n) is 5.49. The van der Waals surface area contributed by atoms with Crippen molar-refractivity contribution >= 4 is 6.03 Å². The summed E-state index contributed by atoms with van der Waals surface area (Å²) in [5.74, 6) is 0. The van der Waals surface area contributed by atoms with Crippen molar-refractivity contribution in [1.29, 1.82) is 0 Å². The molecule has 4 heteroatoms. The minimum Gasteiger partial charge on any atom is -0.376 e. The molecule has 2 amide bonds. The highest BCUT2D eigenvalue weighted by atomic mass is 16.5. The highest BCUT2D eigenvalue weighted by Gasteiger charge is 2.37. The third-order valence-corrected chi connectivity index (χ3v) is 3.57. The van der Waals surface area contributed by atoms with Crippen molar-refractivity contribution in [3.63, 3.8) is 0 Å². The average Bonchev–Trinajstić information content (AvgIpc) is 2.75. The molecule has 0 heterocycles. The lowest BCUT2D eigenvalue weighted by atomic mass is 10.0. The number of carbonyl (C=O) groups excluding carboxylic acids is 1. The summed E-state index contributed by atoms with van der Waals surface area (Å²) in [7, 11) is 1.72. The Kier molecular flexibility index (Phi) is 4.10. The molecule has 4 nitrogen and oxygen atoms in total. The summed E-state index contributed by atoms with van der Waals surface area (Å²) in [6.07, 6.45) is 1.70. The number of ether oxygens (including phenoxy) is 1. The Hall–Kier alpha value is -1.55. The molecule has 0 radical (unpaired) electrons. The van der Waals surface area contributed by atoms with Crippen LogP contribution in [0, 0.1) is 0 Å². The van der Waals surface area contributed by atoms with E-state index in [9.17, 15) is 4.79 Å². The van der Waals surface area contributed by atoms with E-state index < -0.39 is 0 Å². The standard InChI is InChI=1S/C15H22N2O2/c1-11(2)17-14(18)16-10-15(19-3)8-12-6-4-5-7-13(12)9-15/h4-7,11H,8-10H2,1-3H3,(H2,16,17,18). The minimum absolute atomic E-state index is 0.137. The molecule has 0 fully saturated rings. The third-order valence-electron chi connectivity index (χ3n) is 3.57. The van der Waals surface area contributed by atoms with E-state index in [2.05, 4.69) is 22.8 Å². The van der Waals surface area contributed by atoms with Crippen LogP contribution < -0.4 is 10.6 Å². The van der Waals surface area contributed by atoms with E-state index in [1.807, 2.05) is 26.0 Å². The Morgan fingerprint density at radius 1 is 1.32 bits per heavy atom. The first kappa shape index (κ1) is 13.9. The second kappa shape index (κ2) is 5.61. The number of hydrogen-bond acceptors (Lipinski definition) is 2. The van der Waals surface area contributed by atoms with Crippen LogP contribution in [0.5, 0.6) is 0 Å². The van der Waals surface area contributed by atoms with Gasteiger partial charge in [-0.15, -0.1) is 0 Å². The average molecular weight is 262 g/mol. The van der Waals surface area contributed by atoms with Crippen LogP contribution >= 0.6 is 0 Å². The van der Waals surface area contributed by atoms with Gasteiger partial charge in [0.15, 0.2) is 0 Å². The number of rotatable bonds is 4. The van der Waals surface area contributed by atoms with Gasteiger partial charge in [0.05, 0.1) is 5.60 Å². The van der Waals surface area contributed by atoms with Crippen LogP contribution in [-0.2, 0) is 17.6 Å². The number of amides is 2. The Labute approximate surface area is 114 Å². The lowest BCUT2D eigenvalue weighted by molar-refractivity contribution is 0.00173. The normalized spacial score (nSPS) is 16.2. The molecule has 0 atom stereocenters. The molecular formula is C15H22N2O2. The van der Waals surface area contributed by atoms with Crippen molar-refractivity contribution in [3.05, 3.63) is 35.4 Å². The molecular weight excluding hydrogens is 240 g/mol. The predicted molar refractivity (Wildman–Crippen MR) is 75.3 cm³/mol. The number of fused-ring (bicyclic) bond motifs is 1. The largest absolute Gasteiger partial charge is 0.376 e. The van der Waals surface area contributed by atoms with Gasteiger partial charge in [-0.3, -0.25) is 0 Å². The number of benzene rings is 1. The maximum absolute atomic E-state index is 11.7. The summed E-state index contributed by atoms with van der Waals surface area (Å²) in [6.45, 7) is 4.41. The molecule has 0 aromatic heterocycles. The summed E-state index contributed by atoms with van der Waals surface area (Å²) < 4.78 is 5.69. The highest BCUT2D eigenvalue weighted by Crippen LogP contribution is 2.31. The van der Waals surface area contributed by atoms with Gasteiger partial charge < -0.3 is 15.4 Å². The first-order valence-corrected chi connectivity index (χ1v) is 6.71.